The molecule has 9 aromatic carbocycles. The molecule has 0 saturated carbocycles. The maximum atomic E-state index is 4.93. The highest BCUT2D eigenvalue weighted by molar-refractivity contribution is 6.11. The first kappa shape index (κ1) is 39.5. The number of rotatable bonds is 10. The number of anilines is 6. The number of benzene rings is 9. The van der Waals surface area contributed by atoms with Crippen LogP contribution in [0.2, 0.25) is 0 Å². The second kappa shape index (κ2) is 17.1. The Labute approximate surface area is 389 Å². The fourth-order valence-electron chi connectivity index (χ4n) is 9.38. The number of fused-ring (bicyclic) bond motifs is 4. The normalized spacial score (nSPS) is 11.3. The Morgan fingerprint density at radius 2 is 0.731 bits per heavy atom. The van der Waals surface area contributed by atoms with E-state index < -0.39 is 0 Å². The van der Waals surface area contributed by atoms with Crippen LogP contribution in [0.5, 0.6) is 0 Å². The van der Waals surface area contributed by atoms with Gasteiger partial charge < -0.3 is 14.4 Å². The molecule has 0 spiro atoms. The Bertz CT molecular complexity index is 3380. The quantitative estimate of drug-likeness (QED) is 0.137. The van der Waals surface area contributed by atoms with Crippen LogP contribution in [-0.4, -0.2) is 14.5 Å². The van der Waals surface area contributed by atoms with Crippen LogP contribution in [0.15, 0.2) is 261 Å². The second-order valence-corrected chi connectivity index (χ2v) is 16.7. The molecule has 3 heterocycles. The first-order chi connectivity index (χ1) is 33.2. The molecule has 3 aromatic heterocycles. The number of hydrogen-bond acceptors (Lipinski definition) is 4. The number of hydrogen-bond donors (Lipinski definition) is 0. The monoisotopic (exact) mass is 857 g/mol. The van der Waals surface area contributed by atoms with Crippen molar-refractivity contribution < 1.29 is 0 Å². The fourth-order valence-corrected chi connectivity index (χ4v) is 9.38. The Morgan fingerprint density at radius 3 is 1.18 bits per heavy atom. The minimum Gasteiger partial charge on any atom is -0.311 e. The van der Waals surface area contributed by atoms with E-state index in [0.717, 1.165) is 95.3 Å². The molecule has 0 bridgehead atoms. The number of para-hydroxylation sites is 4. The average Bonchev–Trinajstić information content (AvgIpc) is 3.73. The lowest BCUT2D eigenvalue weighted by Crippen LogP contribution is -2.09. The third-order valence-corrected chi connectivity index (χ3v) is 12.7. The third-order valence-electron chi connectivity index (χ3n) is 12.7. The van der Waals surface area contributed by atoms with Gasteiger partial charge in [0.2, 0.25) is 0 Å². The predicted molar refractivity (Wildman–Crippen MR) is 280 cm³/mol. The molecule has 0 unspecified atom stereocenters. The van der Waals surface area contributed by atoms with Crippen LogP contribution in [0.3, 0.4) is 0 Å². The van der Waals surface area contributed by atoms with Crippen molar-refractivity contribution in [3.05, 3.63) is 261 Å². The van der Waals surface area contributed by atoms with Gasteiger partial charge in [-0.1, -0.05) is 127 Å². The highest BCUT2D eigenvalue weighted by Gasteiger charge is 2.18. The van der Waals surface area contributed by atoms with Crippen LogP contribution in [0.1, 0.15) is 0 Å². The van der Waals surface area contributed by atoms with Crippen LogP contribution in [0, 0.1) is 0 Å². The molecular weight excluding hydrogens is 815 g/mol. The van der Waals surface area contributed by atoms with Crippen molar-refractivity contribution in [1.82, 2.24) is 14.5 Å². The molecule has 0 radical (unpaired) electrons. The summed E-state index contributed by atoms with van der Waals surface area (Å²) in [5, 5.41) is 3.46. The van der Waals surface area contributed by atoms with Crippen molar-refractivity contribution in [1.29, 1.82) is 0 Å². The van der Waals surface area contributed by atoms with E-state index >= 15 is 0 Å². The molecule has 0 amide bonds. The highest BCUT2D eigenvalue weighted by Crippen LogP contribution is 2.41. The van der Waals surface area contributed by atoms with E-state index in [0.29, 0.717) is 0 Å². The number of aromatic nitrogens is 3. The SMILES string of the molecule is c1ccc(N(c2ccccc2)c2ccc(-c3ccc4c(c3)c3cc(-c5ccc(N(c6ccccc6)c6ccccc6)cc5)ccc3n4-c3ccc(-c4ccc5ccncc5n4)cc3)cc2)cc1. The molecule has 0 aliphatic carbocycles. The van der Waals surface area contributed by atoms with Crippen LogP contribution in [-0.2, 0) is 0 Å². The topological polar surface area (TPSA) is 37.2 Å². The van der Waals surface area contributed by atoms with E-state index in [-0.39, 0.29) is 0 Å². The van der Waals surface area contributed by atoms with Gasteiger partial charge in [-0.25, -0.2) is 4.98 Å². The summed E-state index contributed by atoms with van der Waals surface area (Å²) in [6, 6.07) is 88.8. The van der Waals surface area contributed by atoms with Gasteiger partial charge in [0.15, 0.2) is 0 Å². The Hall–Kier alpha value is -9.06. The Kier molecular flexibility index (Phi) is 10.1. The maximum absolute atomic E-state index is 4.93. The van der Waals surface area contributed by atoms with Gasteiger partial charge in [0.05, 0.1) is 28.4 Å². The van der Waals surface area contributed by atoms with E-state index in [9.17, 15) is 0 Å². The summed E-state index contributed by atoms with van der Waals surface area (Å²) < 4.78 is 2.39. The molecule has 0 aliphatic rings. The number of nitrogens with zero attached hydrogens (tertiary/aromatic N) is 5. The zero-order valence-corrected chi connectivity index (χ0v) is 36.6. The van der Waals surface area contributed by atoms with E-state index in [2.05, 4.69) is 262 Å². The molecule has 316 valence electrons. The molecule has 0 atom stereocenters. The summed E-state index contributed by atoms with van der Waals surface area (Å²) in [5.41, 5.74) is 17.5. The molecule has 67 heavy (non-hydrogen) atoms. The molecule has 0 N–H and O–H groups in total. The van der Waals surface area contributed by atoms with Gasteiger partial charge in [-0.3, -0.25) is 4.98 Å². The molecule has 0 fully saturated rings. The molecule has 5 nitrogen and oxygen atoms in total. The van der Waals surface area contributed by atoms with Crippen molar-refractivity contribution in [2.45, 2.75) is 0 Å². The highest BCUT2D eigenvalue weighted by atomic mass is 15.1. The van der Waals surface area contributed by atoms with Crippen molar-refractivity contribution in [3.8, 4) is 39.2 Å². The predicted octanol–water partition coefficient (Wildman–Crippen LogP) is 16.7. The number of pyridine rings is 2. The van der Waals surface area contributed by atoms with E-state index in [4.69, 9.17) is 4.98 Å². The van der Waals surface area contributed by atoms with Crippen LogP contribution in [0.25, 0.3) is 71.9 Å². The lowest BCUT2D eigenvalue weighted by Gasteiger charge is -2.25. The first-order valence-corrected chi connectivity index (χ1v) is 22.6. The lowest BCUT2D eigenvalue weighted by molar-refractivity contribution is 1.18. The molecule has 12 aromatic rings. The largest absolute Gasteiger partial charge is 0.311 e. The maximum Gasteiger partial charge on any atom is 0.0892 e. The van der Waals surface area contributed by atoms with Gasteiger partial charge in [-0.05, 0) is 144 Å². The van der Waals surface area contributed by atoms with Crippen LogP contribution in [0.4, 0.5) is 34.1 Å². The van der Waals surface area contributed by atoms with Crippen LogP contribution >= 0.6 is 0 Å². The molecule has 0 aliphatic heterocycles. The summed E-state index contributed by atoms with van der Waals surface area (Å²) in [4.78, 5) is 13.8. The van der Waals surface area contributed by atoms with Gasteiger partial charge in [0.25, 0.3) is 0 Å². The van der Waals surface area contributed by atoms with E-state index in [1.165, 1.54) is 10.8 Å². The Balaban J connectivity index is 0.952. The zero-order chi connectivity index (χ0) is 44.5. The average molecular weight is 858 g/mol. The van der Waals surface area contributed by atoms with Crippen molar-refractivity contribution in [2.24, 2.45) is 0 Å². The summed E-state index contributed by atoms with van der Waals surface area (Å²) in [6.45, 7) is 0. The van der Waals surface area contributed by atoms with Gasteiger partial charge in [-0.2, -0.15) is 0 Å². The summed E-state index contributed by atoms with van der Waals surface area (Å²) in [6.07, 6.45) is 3.63. The van der Waals surface area contributed by atoms with Gasteiger partial charge in [-0.15, -0.1) is 0 Å². The third kappa shape index (κ3) is 7.54. The second-order valence-electron chi connectivity index (χ2n) is 16.7. The zero-order valence-electron chi connectivity index (χ0n) is 36.6. The summed E-state index contributed by atoms with van der Waals surface area (Å²) in [7, 11) is 0. The van der Waals surface area contributed by atoms with Gasteiger partial charge >= 0.3 is 0 Å². The Morgan fingerprint density at radius 1 is 0.328 bits per heavy atom. The lowest BCUT2D eigenvalue weighted by atomic mass is 9.99. The minimum absolute atomic E-state index is 0.886. The van der Waals surface area contributed by atoms with Gasteiger partial charge in [0.1, 0.15) is 0 Å². The van der Waals surface area contributed by atoms with Crippen molar-refractivity contribution >= 4 is 66.8 Å². The minimum atomic E-state index is 0.886. The summed E-state index contributed by atoms with van der Waals surface area (Å²) in [5.74, 6) is 0. The molecule has 12 rings (SSSR count). The van der Waals surface area contributed by atoms with Gasteiger partial charge in [0, 0.05) is 67.7 Å². The standard InChI is InChI=1S/C62H43N5/c1-5-13-50(14-6-1)65(51-15-7-2-8-16-51)54-30-21-44(22-31-54)48-28-37-61-57(41-48)58-42-49(45-23-32-55(33-24-45)66(52-17-9-3-10-18-52)53-19-11-4-12-20-53)29-38-62(58)67(61)56-34-25-46(26-35-56)59-36-27-47-39-40-63-43-60(47)64-59/h1-43H. The summed E-state index contributed by atoms with van der Waals surface area (Å²) >= 11 is 0. The van der Waals surface area contributed by atoms with Crippen molar-refractivity contribution in [3.63, 3.8) is 0 Å². The van der Waals surface area contributed by atoms with E-state index in [1.54, 1.807) is 6.20 Å². The molecule has 5 heteroatoms. The van der Waals surface area contributed by atoms with E-state index in [1.807, 2.05) is 12.3 Å². The fraction of sp³-hybridized carbons (Fsp3) is 0. The smallest absolute Gasteiger partial charge is 0.0892 e. The van der Waals surface area contributed by atoms with Crippen LogP contribution < -0.4 is 9.80 Å². The molecule has 0 saturated heterocycles. The molecular formula is C62H43N5. The van der Waals surface area contributed by atoms with Crippen molar-refractivity contribution in [2.75, 3.05) is 9.80 Å². The first-order valence-electron chi connectivity index (χ1n) is 22.6.